The van der Waals surface area contributed by atoms with Gasteiger partial charge in [-0.15, -0.1) is 0 Å². The van der Waals surface area contributed by atoms with Gasteiger partial charge in [0.05, 0.1) is 5.54 Å². The third kappa shape index (κ3) is 1.49. The topological polar surface area (TPSA) is 77.2 Å². The molecule has 1 aliphatic carbocycles. The Morgan fingerprint density at radius 3 is 3.06 bits per heavy atom. The summed E-state index contributed by atoms with van der Waals surface area (Å²) in [5.74, 6) is 0.812. The minimum Gasteiger partial charge on any atom is -0.475 e. The molecule has 1 aliphatic heterocycles. The van der Waals surface area contributed by atoms with Crippen LogP contribution in [0.15, 0.2) is 16.7 Å². The number of halogens is 1. The van der Waals surface area contributed by atoms with Gasteiger partial charge in [0.25, 0.3) is 5.91 Å². The van der Waals surface area contributed by atoms with E-state index in [1.165, 1.54) is 0 Å². The van der Waals surface area contributed by atoms with Gasteiger partial charge in [0.15, 0.2) is 17.7 Å². The van der Waals surface area contributed by atoms with E-state index in [0.717, 1.165) is 17.3 Å². The molecule has 2 aliphatic rings. The van der Waals surface area contributed by atoms with Crippen molar-refractivity contribution in [1.82, 2.24) is 4.98 Å². The third-order valence-electron chi connectivity index (χ3n) is 2.89. The molecule has 5 nitrogen and oxygen atoms in total. The molecule has 6 heteroatoms. The number of anilines is 1. The number of hydrogen-bond donors (Lipinski definition) is 2. The second-order valence-electron chi connectivity index (χ2n) is 4.22. The van der Waals surface area contributed by atoms with E-state index in [1.807, 2.05) is 0 Å². The van der Waals surface area contributed by atoms with Crippen LogP contribution in [0.2, 0.25) is 0 Å². The standard InChI is InChI=1S/C10H10BrN3O2/c11-5-3-6-8(13-4-5)14-9(15)7(16-6)10(12)1-2-10/h3-4,7H,1-2,12H2,(H,13,14,15). The highest BCUT2D eigenvalue weighted by Gasteiger charge is 2.52. The number of carbonyl (C=O) groups excluding carboxylic acids is 1. The summed E-state index contributed by atoms with van der Waals surface area (Å²) in [5.41, 5.74) is 5.49. The van der Waals surface area contributed by atoms with E-state index in [0.29, 0.717) is 11.6 Å². The first kappa shape index (κ1) is 10.0. The number of amides is 1. The lowest BCUT2D eigenvalue weighted by Crippen LogP contribution is -2.51. The Morgan fingerprint density at radius 1 is 1.62 bits per heavy atom. The van der Waals surface area contributed by atoms with Crippen molar-refractivity contribution in [3.05, 3.63) is 16.7 Å². The van der Waals surface area contributed by atoms with Crippen molar-refractivity contribution in [3.63, 3.8) is 0 Å². The van der Waals surface area contributed by atoms with Gasteiger partial charge in [-0.05, 0) is 34.8 Å². The maximum Gasteiger partial charge on any atom is 0.268 e. The Morgan fingerprint density at radius 2 is 2.38 bits per heavy atom. The Labute approximate surface area is 100 Å². The van der Waals surface area contributed by atoms with Gasteiger partial charge in [0.1, 0.15) is 0 Å². The average molecular weight is 284 g/mol. The second kappa shape index (κ2) is 3.18. The summed E-state index contributed by atoms with van der Waals surface area (Å²) in [6.45, 7) is 0. The van der Waals surface area contributed by atoms with E-state index in [4.69, 9.17) is 10.5 Å². The highest BCUT2D eigenvalue weighted by Crippen LogP contribution is 2.41. The molecule has 1 amide bonds. The van der Waals surface area contributed by atoms with Gasteiger partial charge in [-0.3, -0.25) is 4.79 Å². The number of aromatic nitrogens is 1. The van der Waals surface area contributed by atoms with Crippen molar-refractivity contribution in [1.29, 1.82) is 0 Å². The molecule has 16 heavy (non-hydrogen) atoms. The monoisotopic (exact) mass is 283 g/mol. The molecular weight excluding hydrogens is 274 g/mol. The predicted molar refractivity (Wildman–Crippen MR) is 61.1 cm³/mol. The molecule has 0 radical (unpaired) electrons. The summed E-state index contributed by atoms with van der Waals surface area (Å²) < 4.78 is 6.43. The SMILES string of the molecule is NC1(C2Oc3cc(Br)cnc3NC2=O)CC1. The number of hydrogen-bond acceptors (Lipinski definition) is 4. The van der Waals surface area contributed by atoms with Crippen LogP contribution < -0.4 is 15.8 Å². The minimum absolute atomic E-state index is 0.206. The van der Waals surface area contributed by atoms with Gasteiger partial charge in [0, 0.05) is 10.7 Å². The zero-order chi connectivity index (χ0) is 11.3. The van der Waals surface area contributed by atoms with Crippen molar-refractivity contribution < 1.29 is 9.53 Å². The number of ether oxygens (including phenoxy) is 1. The number of rotatable bonds is 1. The van der Waals surface area contributed by atoms with E-state index in [2.05, 4.69) is 26.2 Å². The zero-order valence-electron chi connectivity index (χ0n) is 8.37. The number of carbonyl (C=O) groups is 1. The normalized spacial score (nSPS) is 25.4. The van der Waals surface area contributed by atoms with Gasteiger partial charge in [0.2, 0.25) is 0 Å². The molecule has 84 valence electrons. The maximum absolute atomic E-state index is 11.8. The lowest BCUT2D eigenvalue weighted by molar-refractivity contribution is -0.124. The van der Waals surface area contributed by atoms with Crippen molar-refractivity contribution in [2.75, 3.05) is 5.32 Å². The largest absolute Gasteiger partial charge is 0.475 e. The summed E-state index contributed by atoms with van der Waals surface area (Å²) in [6, 6.07) is 1.78. The molecule has 1 aromatic rings. The molecule has 0 saturated heterocycles. The first-order valence-electron chi connectivity index (χ1n) is 5.00. The fourth-order valence-electron chi connectivity index (χ4n) is 1.75. The molecule has 0 spiro atoms. The fraction of sp³-hybridized carbons (Fsp3) is 0.400. The van der Waals surface area contributed by atoms with E-state index in [-0.39, 0.29) is 5.91 Å². The second-order valence-corrected chi connectivity index (χ2v) is 5.14. The van der Waals surface area contributed by atoms with Gasteiger partial charge in [-0.25, -0.2) is 4.98 Å². The number of nitrogens with zero attached hydrogens (tertiary/aromatic N) is 1. The predicted octanol–water partition coefficient (Wildman–Crippen LogP) is 1.03. The number of pyridine rings is 1. The summed E-state index contributed by atoms with van der Waals surface area (Å²) >= 11 is 3.31. The van der Waals surface area contributed by atoms with Crippen molar-refractivity contribution >= 4 is 27.7 Å². The van der Waals surface area contributed by atoms with E-state index in [1.54, 1.807) is 12.3 Å². The molecule has 1 unspecified atom stereocenters. The minimum atomic E-state index is -0.601. The molecule has 1 fully saturated rings. The smallest absolute Gasteiger partial charge is 0.268 e. The molecule has 1 atom stereocenters. The van der Waals surface area contributed by atoms with E-state index in [9.17, 15) is 4.79 Å². The molecule has 3 rings (SSSR count). The summed E-state index contributed by atoms with van der Waals surface area (Å²) in [6.07, 6.45) is 2.65. The number of nitrogens with one attached hydrogen (secondary N) is 1. The average Bonchev–Trinajstić information content (AvgIpc) is 2.97. The van der Waals surface area contributed by atoms with Crippen LogP contribution in [-0.2, 0) is 4.79 Å². The summed E-state index contributed by atoms with van der Waals surface area (Å²) in [7, 11) is 0. The number of fused-ring (bicyclic) bond motifs is 1. The van der Waals surface area contributed by atoms with Crippen LogP contribution in [0.5, 0.6) is 5.75 Å². The maximum atomic E-state index is 11.8. The Kier molecular flexibility index (Phi) is 1.99. The van der Waals surface area contributed by atoms with Gasteiger partial charge in [-0.1, -0.05) is 0 Å². The van der Waals surface area contributed by atoms with E-state index < -0.39 is 11.6 Å². The molecule has 1 saturated carbocycles. The molecular formula is C10H10BrN3O2. The van der Waals surface area contributed by atoms with Crippen LogP contribution in [0.25, 0.3) is 0 Å². The van der Waals surface area contributed by atoms with Crippen molar-refractivity contribution in [2.24, 2.45) is 5.73 Å². The van der Waals surface area contributed by atoms with Crippen molar-refractivity contribution in [2.45, 2.75) is 24.5 Å². The van der Waals surface area contributed by atoms with Crippen LogP contribution in [0.1, 0.15) is 12.8 Å². The quantitative estimate of drug-likeness (QED) is 0.807. The molecule has 3 N–H and O–H groups in total. The number of nitrogens with two attached hydrogens (primary N) is 1. The Hall–Kier alpha value is -1.14. The van der Waals surface area contributed by atoms with Gasteiger partial charge < -0.3 is 15.8 Å². The van der Waals surface area contributed by atoms with Gasteiger partial charge in [-0.2, -0.15) is 0 Å². The van der Waals surface area contributed by atoms with Crippen molar-refractivity contribution in [3.8, 4) is 5.75 Å². The van der Waals surface area contributed by atoms with Crippen LogP contribution in [-0.4, -0.2) is 22.5 Å². The van der Waals surface area contributed by atoms with Crippen LogP contribution in [0.4, 0.5) is 5.82 Å². The van der Waals surface area contributed by atoms with Crippen LogP contribution in [0.3, 0.4) is 0 Å². The summed E-state index contributed by atoms with van der Waals surface area (Å²) in [5, 5.41) is 2.71. The van der Waals surface area contributed by atoms with Gasteiger partial charge >= 0.3 is 0 Å². The summed E-state index contributed by atoms with van der Waals surface area (Å²) in [4.78, 5) is 15.8. The Bertz CT molecular complexity index is 473. The van der Waals surface area contributed by atoms with Crippen LogP contribution >= 0.6 is 15.9 Å². The molecule has 0 aromatic carbocycles. The lowest BCUT2D eigenvalue weighted by Gasteiger charge is -2.28. The molecule has 2 heterocycles. The molecule has 0 bridgehead atoms. The third-order valence-corrected chi connectivity index (χ3v) is 3.33. The Balaban J connectivity index is 1.96. The lowest BCUT2D eigenvalue weighted by atomic mass is 10.1. The zero-order valence-corrected chi connectivity index (χ0v) is 9.95. The fourth-order valence-corrected chi connectivity index (χ4v) is 2.06. The van der Waals surface area contributed by atoms with Crippen LogP contribution in [0, 0.1) is 0 Å². The highest BCUT2D eigenvalue weighted by atomic mass is 79.9. The molecule has 1 aromatic heterocycles. The first-order chi connectivity index (χ1) is 7.58. The highest BCUT2D eigenvalue weighted by molar-refractivity contribution is 9.10. The first-order valence-corrected chi connectivity index (χ1v) is 5.80. The van der Waals surface area contributed by atoms with E-state index >= 15 is 0 Å².